The zero-order valence-corrected chi connectivity index (χ0v) is 8.57. The number of hydrogen-bond donors (Lipinski definition) is 0. The molecule has 76 valence electrons. The molecule has 0 unspecified atom stereocenters. The smallest absolute Gasteiger partial charge is 0.126 e. The van der Waals surface area contributed by atoms with E-state index in [-0.39, 0.29) is 5.82 Å². The lowest BCUT2D eigenvalue weighted by Gasteiger charge is -2.02. The summed E-state index contributed by atoms with van der Waals surface area (Å²) in [7, 11) is 0. The lowest BCUT2D eigenvalue weighted by molar-refractivity contribution is 0.613. The lowest BCUT2D eigenvalue weighted by atomic mass is 10.1. The highest BCUT2D eigenvalue weighted by Crippen LogP contribution is 2.11. The molecule has 0 saturated carbocycles. The van der Waals surface area contributed by atoms with Crippen LogP contribution in [0.2, 0.25) is 0 Å². The second-order valence-electron chi connectivity index (χ2n) is 3.60. The molecular formula is C13H12FN. The highest BCUT2D eigenvalue weighted by atomic mass is 19.1. The summed E-state index contributed by atoms with van der Waals surface area (Å²) in [5.41, 5.74) is 2.70. The summed E-state index contributed by atoms with van der Waals surface area (Å²) in [6.45, 7) is 1.99. The van der Waals surface area contributed by atoms with Crippen LogP contribution >= 0.6 is 0 Å². The van der Waals surface area contributed by atoms with Crippen LogP contribution in [0.25, 0.3) is 0 Å². The second-order valence-corrected chi connectivity index (χ2v) is 3.60. The Balaban J connectivity index is 2.22. The molecule has 1 aromatic carbocycles. The third kappa shape index (κ3) is 2.40. The van der Waals surface area contributed by atoms with Gasteiger partial charge in [-0.05, 0) is 30.2 Å². The Morgan fingerprint density at radius 2 is 1.93 bits per heavy atom. The van der Waals surface area contributed by atoms with E-state index in [1.807, 2.05) is 25.1 Å². The molecule has 1 aromatic heterocycles. The minimum absolute atomic E-state index is 0.167. The molecule has 15 heavy (non-hydrogen) atoms. The summed E-state index contributed by atoms with van der Waals surface area (Å²) < 4.78 is 13.3. The molecule has 0 bridgehead atoms. The molecule has 0 aliphatic carbocycles. The fourth-order valence-corrected chi connectivity index (χ4v) is 1.44. The quantitative estimate of drug-likeness (QED) is 0.727. The van der Waals surface area contributed by atoms with E-state index in [0.29, 0.717) is 12.0 Å². The van der Waals surface area contributed by atoms with E-state index in [1.165, 1.54) is 6.07 Å². The predicted molar refractivity (Wildman–Crippen MR) is 58.2 cm³/mol. The molecule has 2 heteroatoms. The van der Waals surface area contributed by atoms with Crippen LogP contribution in [0, 0.1) is 12.7 Å². The number of pyridine rings is 1. The van der Waals surface area contributed by atoms with Crippen molar-refractivity contribution in [1.82, 2.24) is 4.98 Å². The zero-order valence-electron chi connectivity index (χ0n) is 8.57. The van der Waals surface area contributed by atoms with Gasteiger partial charge in [-0.25, -0.2) is 4.39 Å². The third-order valence-electron chi connectivity index (χ3n) is 2.30. The van der Waals surface area contributed by atoms with Gasteiger partial charge in [0, 0.05) is 18.3 Å². The first-order valence-electron chi connectivity index (χ1n) is 4.90. The normalized spacial score (nSPS) is 10.3. The van der Waals surface area contributed by atoms with Crippen molar-refractivity contribution in [2.75, 3.05) is 0 Å². The van der Waals surface area contributed by atoms with Crippen molar-refractivity contribution in [1.29, 1.82) is 0 Å². The van der Waals surface area contributed by atoms with Gasteiger partial charge in [-0.3, -0.25) is 4.98 Å². The van der Waals surface area contributed by atoms with E-state index in [0.717, 1.165) is 11.3 Å². The van der Waals surface area contributed by atoms with Crippen LogP contribution in [0.3, 0.4) is 0 Å². The molecule has 0 aliphatic heterocycles. The minimum atomic E-state index is -0.167. The number of halogens is 1. The van der Waals surface area contributed by atoms with Gasteiger partial charge >= 0.3 is 0 Å². The summed E-state index contributed by atoms with van der Waals surface area (Å²) in [5, 5.41) is 0. The molecule has 0 amide bonds. The Hall–Kier alpha value is -1.70. The third-order valence-corrected chi connectivity index (χ3v) is 2.30. The van der Waals surface area contributed by atoms with Crippen molar-refractivity contribution in [2.24, 2.45) is 0 Å². The van der Waals surface area contributed by atoms with E-state index in [2.05, 4.69) is 4.98 Å². The number of nitrogens with zero attached hydrogens (tertiary/aromatic N) is 1. The van der Waals surface area contributed by atoms with Crippen molar-refractivity contribution < 1.29 is 4.39 Å². The van der Waals surface area contributed by atoms with E-state index in [4.69, 9.17) is 0 Å². The Morgan fingerprint density at radius 1 is 1.13 bits per heavy atom. The highest BCUT2D eigenvalue weighted by Gasteiger charge is 2.02. The van der Waals surface area contributed by atoms with Crippen molar-refractivity contribution in [2.45, 2.75) is 13.3 Å². The molecule has 1 heterocycles. The summed E-state index contributed by atoms with van der Waals surface area (Å²) in [6, 6.07) is 10.7. The first kappa shape index (κ1) is 9.84. The molecule has 1 nitrogen and oxygen atoms in total. The van der Waals surface area contributed by atoms with Gasteiger partial charge in [-0.1, -0.05) is 24.3 Å². The van der Waals surface area contributed by atoms with Gasteiger partial charge in [-0.15, -0.1) is 0 Å². The van der Waals surface area contributed by atoms with E-state index in [1.54, 1.807) is 18.3 Å². The fraction of sp³-hybridized carbons (Fsp3) is 0.154. The van der Waals surface area contributed by atoms with Gasteiger partial charge in [-0.2, -0.15) is 0 Å². The first-order chi connectivity index (χ1) is 7.25. The Labute approximate surface area is 88.6 Å². The van der Waals surface area contributed by atoms with Crippen molar-refractivity contribution >= 4 is 0 Å². The number of rotatable bonds is 2. The summed E-state index contributed by atoms with van der Waals surface area (Å²) in [4.78, 5) is 4.25. The predicted octanol–water partition coefficient (Wildman–Crippen LogP) is 3.12. The molecule has 0 radical (unpaired) electrons. The van der Waals surface area contributed by atoms with Crippen LogP contribution in [0.1, 0.15) is 16.8 Å². The van der Waals surface area contributed by atoms with Crippen LogP contribution in [0.15, 0.2) is 42.6 Å². The van der Waals surface area contributed by atoms with E-state index in [9.17, 15) is 4.39 Å². The van der Waals surface area contributed by atoms with Gasteiger partial charge in [0.05, 0.1) is 0 Å². The van der Waals surface area contributed by atoms with Crippen LogP contribution < -0.4 is 0 Å². The average Bonchev–Trinajstić information content (AvgIpc) is 2.25. The summed E-state index contributed by atoms with van der Waals surface area (Å²) in [5.74, 6) is -0.167. The minimum Gasteiger partial charge on any atom is -0.261 e. The van der Waals surface area contributed by atoms with Gasteiger partial charge in [0.25, 0.3) is 0 Å². The van der Waals surface area contributed by atoms with Gasteiger partial charge in [0.2, 0.25) is 0 Å². The molecule has 2 rings (SSSR count). The Kier molecular flexibility index (Phi) is 2.77. The summed E-state index contributed by atoms with van der Waals surface area (Å²) >= 11 is 0. The lowest BCUT2D eigenvalue weighted by Crippen LogP contribution is -1.94. The maximum atomic E-state index is 13.3. The average molecular weight is 201 g/mol. The van der Waals surface area contributed by atoms with E-state index < -0.39 is 0 Å². The Bertz CT molecular complexity index is 448. The topological polar surface area (TPSA) is 12.9 Å². The number of aromatic nitrogens is 1. The molecular weight excluding hydrogens is 189 g/mol. The molecule has 0 spiro atoms. The van der Waals surface area contributed by atoms with Crippen molar-refractivity contribution in [3.05, 3.63) is 65.2 Å². The molecule has 0 saturated heterocycles. The zero-order chi connectivity index (χ0) is 10.7. The molecule has 0 aliphatic rings. The Morgan fingerprint density at radius 3 is 2.60 bits per heavy atom. The standard InChI is InChI=1S/C13H12FN/c1-10-6-7-12(15-9-10)8-11-4-2-3-5-13(11)14/h2-7,9H,8H2,1H3. The van der Waals surface area contributed by atoms with Gasteiger partial charge in [0.15, 0.2) is 0 Å². The molecule has 0 atom stereocenters. The van der Waals surface area contributed by atoms with Crippen LogP contribution in [0.5, 0.6) is 0 Å². The van der Waals surface area contributed by atoms with Crippen LogP contribution in [-0.4, -0.2) is 4.98 Å². The maximum absolute atomic E-state index is 13.3. The summed E-state index contributed by atoms with van der Waals surface area (Å²) in [6.07, 6.45) is 2.35. The van der Waals surface area contributed by atoms with Gasteiger partial charge < -0.3 is 0 Å². The maximum Gasteiger partial charge on any atom is 0.126 e. The number of aryl methyl sites for hydroxylation is 1. The SMILES string of the molecule is Cc1ccc(Cc2ccccc2F)nc1. The largest absolute Gasteiger partial charge is 0.261 e. The fourth-order valence-electron chi connectivity index (χ4n) is 1.44. The monoisotopic (exact) mass is 201 g/mol. The van der Waals surface area contributed by atoms with Crippen LogP contribution in [-0.2, 0) is 6.42 Å². The molecule has 0 fully saturated rings. The number of hydrogen-bond acceptors (Lipinski definition) is 1. The number of benzene rings is 1. The highest BCUT2D eigenvalue weighted by molar-refractivity contribution is 5.24. The molecule has 2 aromatic rings. The van der Waals surface area contributed by atoms with Crippen molar-refractivity contribution in [3.63, 3.8) is 0 Å². The first-order valence-corrected chi connectivity index (χ1v) is 4.90. The molecule has 0 N–H and O–H groups in total. The van der Waals surface area contributed by atoms with Gasteiger partial charge in [0.1, 0.15) is 5.82 Å². The second kappa shape index (κ2) is 4.22. The van der Waals surface area contributed by atoms with E-state index >= 15 is 0 Å². The van der Waals surface area contributed by atoms with Crippen LogP contribution in [0.4, 0.5) is 4.39 Å². The van der Waals surface area contributed by atoms with Crippen molar-refractivity contribution in [3.8, 4) is 0 Å².